The van der Waals surface area contributed by atoms with Crippen LogP contribution in [0.4, 0.5) is 5.69 Å². The number of unbranched alkanes of at least 4 members (excludes halogenated alkanes) is 1. The van der Waals surface area contributed by atoms with Gasteiger partial charge in [-0.2, -0.15) is 0 Å². The highest BCUT2D eigenvalue weighted by Gasteiger charge is 2.20. The van der Waals surface area contributed by atoms with Gasteiger partial charge in [-0.3, -0.25) is 19.5 Å². The number of nitrogens with zero attached hydrogens (tertiary/aromatic N) is 3. The van der Waals surface area contributed by atoms with Crippen LogP contribution in [0, 0.1) is 10.1 Å². The Balaban J connectivity index is 2.75. The van der Waals surface area contributed by atoms with E-state index in [-0.39, 0.29) is 18.0 Å². The second kappa shape index (κ2) is 5.97. The highest BCUT2D eigenvalue weighted by Crippen LogP contribution is 2.22. The van der Waals surface area contributed by atoms with Crippen molar-refractivity contribution in [1.29, 1.82) is 0 Å². The first kappa shape index (κ1) is 15.7. The van der Waals surface area contributed by atoms with Crippen LogP contribution in [0.5, 0.6) is 0 Å². The summed E-state index contributed by atoms with van der Waals surface area (Å²) in [5.41, 5.74) is 0.401. The number of carbonyl (C=O) groups excluding carboxylic acids is 1. The Labute approximate surface area is 126 Å². The van der Waals surface area contributed by atoms with E-state index in [0.717, 1.165) is 11.0 Å². The maximum atomic E-state index is 12.5. The maximum Gasteiger partial charge on any atom is 0.340 e. The molecule has 0 aliphatic carbocycles. The molecular weight excluding hydrogens is 286 g/mol. The average Bonchev–Trinajstić information content (AvgIpc) is 2.75. The van der Waals surface area contributed by atoms with Crippen LogP contribution in [0.2, 0.25) is 0 Å². The summed E-state index contributed by atoms with van der Waals surface area (Å²) < 4.78 is 2.30. The molecule has 0 saturated heterocycles. The van der Waals surface area contributed by atoms with E-state index in [0.29, 0.717) is 23.2 Å². The van der Waals surface area contributed by atoms with Crippen molar-refractivity contribution in [2.45, 2.75) is 33.1 Å². The van der Waals surface area contributed by atoms with Gasteiger partial charge >= 0.3 is 5.69 Å². The van der Waals surface area contributed by atoms with Crippen LogP contribution in [0.1, 0.15) is 37.9 Å². The fourth-order valence-corrected chi connectivity index (χ4v) is 2.35. The maximum absolute atomic E-state index is 12.5. The van der Waals surface area contributed by atoms with E-state index in [1.165, 1.54) is 22.8 Å². The van der Waals surface area contributed by atoms with E-state index < -0.39 is 10.6 Å². The molecule has 0 N–H and O–H groups in total. The van der Waals surface area contributed by atoms with Crippen molar-refractivity contribution in [3.05, 3.63) is 45.4 Å². The topological polar surface area (TPSA) is 87.1 Å². The molecule has 22 heavy (non-hydrogen) atoms. The second-order valence-electron chi connectivity index (χ2n) is 5.12. The van der Waals surface area contributed by atoms with Crippen molar-refractivity contribution in [3.63, 3.8) is 0 Å². The molecule has 0 bridgehead atoms. The lowest BCUT2D eigenvalue weighted by Crippen LogP contribution is -2.28. The molecule has 1 heterocycles. The lowest BCUT2D eigenvalue weighted by molar-refractivity contribution is -0.384. The third-order valence-corrected chi connectivity index (χ3v) is 3.41. The fourth-order valence-electron chi connectivity index (χ4n) is 2.35. The number of carbonyl (C=O) groups is 1. The highest BCUT2D eigenvalue weighted by atomic mass is 16.6. The highest BCUT2D eigenvalue weighted by molar-refractivity contribution is 5.92. The lowest BCUT2D eigenvalue weighted by Gasteiger charge is -2.00. The molecule has 7 nitrogen and oxygen atoms in total. The van der Waals surface area contributed by atoms with Crippen molar-refractivity contribution < 1.29 is 9.72 Å². The van der Waals surface area contributed by atoms with Crippen LogP contribution < -0.4 is 5.69 Å². The van der Waals surface area contributed by atoms with E-state index >= 15 is 0 Å². The van der Waals surface area contributed by atoms with E-state index in [9.17, 15) is 19.7 Å². The molecule has 0 unspecified atom stereocenters. The predicted molar refractivity (Wildman–Crippen MR) is 84.0 cm³/mol. The van der Waals surface area contributed by atoms with Gasteiger partial charge in [0.2, 0.25) is 5.91 Å². The van der Waals surface area contributed by atoms with Crippen molar-refractivity contribution >= 4 is 28.3 Å². The van der Waals surface area contributed by atoms with Crippen molar-refractivity contribution in [2.24, 2.45) is 0 Å². The molecule has 116 valence electrons. The molecule has 2 rings (SSSR count). The lowest BCUT2D eigenvalue weighted by atomic mass is 10.2. The molecule has 2 aromatic rings. The predicted octanol–water partition coefficient (Wildman–Crippen LogP) is 3.03. The van der Waals surface area contributed by atoms with Crippen molar-refractivity contribution in [1.82, 2.24) is 9.13 Å². The average molecular weight is 303 g/mol. The number of aromatic nitrogens is 2. The summed E-state index contributed by atoms with van der Waals surface area (Å²) in [4.78, 5) is 35.1. The minimum absolute atomic E-state index is 0.138. The molecule has 1 aromatic carbocycles. The van der Waals surface area contributed by atoms with Crippen LogP contribution in [-0.2, 0) is 0 Å². The molecule has 1 aromatic heterocycles. The number of hydrogen-bond donors (Lipinski definition) is 0. The van der Waals surface area contributed by atoms with Crippen LogP contribution >= 0.6 is 0 Å². The SMILES string of the molecule is C=C(C)n1c(=O)n(C(=O)CCCC)c2ccc([N+](=O)[O-])cc21. The number of benzene rings is 1. The zero-order valence-electron chi connectivity index (χ0n) is 12.5. The number of nitro groups is 1. The Kier molecular flexibility index (Phi) is 4.25. The van der Waals surface area contributed by atoms with Crippen LogP contribution in [0.3, 0.4) is 0 Å². The Morgan fingerprint density at radius 1 is 1.32 bits per heavy atom. The Morgan fingerprint density at radius 2 is 2.00 bits per heavy atom. The molecule has 0 amide bonds. The number of nitro benzene ring substituents is 1. The summed E-state index contributed by atoms with van der Waals surface area (Å²) in [5, 5.41) is 10.9. The van der Waals surface area contributed by atoms with Crippen LogP contribution in [-0.4, -0.2) is 20.0 Å². The van der Waals surface area contributed by atoms with E-state index in [2.05, 4.69) is 6.58 Å². The van der Waals surface area contributed by atoms with Gasteiger partial charge < -0.3 is 0 Å². The number of hydrogen-bond acceptors (Lipinski definition) is 4. The number of non-ortho nitro benzene ring substituents is 1. The third-order valence-electron chi connectivity index (χ3n) is 3.41. The first-order valence-corrected chi connectivity index (χ1v) is 6.99. The smallest absolute Gasteiger partial charge is 0.274 e. The van der Waals surface area contributed by atoms with Gasteiger partial charge in [0.1, 0.15) is 0 Å². The summed E-state index contributed by atoms with van der Waals surface area (Å²) >= 11 is 0. The third kappa shape index (κ3) is 2.57. The normalized spacial score (nSPS) is 10.8. The van der Waals surface area contributed by atoms with Gasteiger partial charge in [-0.1, -0.05) is 19.9 Å². The van der Waals surface area contributed by atoms with E-state index in [4.69, 9.17) is 0 Å². The van der Waals surface area contributed by atoms with E-state index in [1.807, 2.05) is 6.92 Å². The first-order valence-electron chi connectivity index (χ1n) is 6.99. The molecule has 0 saturated carbocycles. The summed E-state index contributed by atoms with van der Waals surface area (Å²) in [5.74, 6) is -0.314. The quantitative estimate of drug-likeness (QED) is 0.627. The van der Waals surface area contributed by atoms with Gasteiger partial charge in [0, 0.05) is 24.3 Å². The molecular formula is C15H17N3O4. The van der Waals surface area contributed by atoms with Crippen LogP contribution in [0.15, 0.2) is 29.6 Å². The van der Waals surface area contributed by atoms with Crippen LogP contribution in [0.25, 0.3) is 16.7 Å². The minimum Gasteiger partial charge on any atom is -0.274 e. The second-order valence-corrected chi connectivity index (χ2v) is 5.12. The zero-order valence-corrected chi connectivity index (χ0v) is 12.5. The van der Waals surface area contributed by atoms with Gasteiger partial charge in [-0.15, -0.1) is 0 Å². The fraction of sp³-hybridized carbons (Fsp3) is 0.333. The molecule has 7 heteroatoms. The standard InChI is InChI=1S/C15H17N3O4/c1-4-5-6-14(19)17-12-8-7-11(18(21)22)9-13(12)16(10(2)3)15(17)20/h7-9H,2,4-6H2,1,3H3. The Bertz CT molecular complexity index is 829. The molecule has 0 atom stereocenters. The summed E-state index contributed by atoms with van der Waals surface area (Å²) in [6.45, 7) is 7.28. The monoisotopic (exact) mass is 303 g/mol. The van der Waals surface area contributed by atoms with Crippen molar-refractivity contribution in [3.8, 4) is 0 Å². The van der Waals surface area contributed by atoms with E-state index in [1.54, 1.807) is 6.92 Å². The van der Waals surface area contributed by atoms with Gasteiger partial charge in [0.05, 0.1) is 16.0 Å². The summed E-state index contributed by atoms with van der Waals surface area (Å²) in [7, 11) is 0. The molecule has 0 radical (unpaired) electrons. The molecule has 0 aliphatic heterocycles. The van der Waals surface area contributed by atoms with Gasteiger partial charge in [-0.25, -0.2) is 9.36 Å². The number of rotatable bonds is 5. The largest absolute Gasteiger partial charge is 0.340 e. The first-order chi connectivity index (χ1) is 10.4. The Hall–Kier alpha value is -2.70. The number of fused-ring (bicyclic) bond motifs is 1. The molecule has 0 fully saturated rings. The van der Waals surface area contributed by atoms with Crippen molar-refractivity contribution in [2.75, 3.05) is 0 Å². The zero-order chi connectivity index (χ0) is 16.4. The van der Waals surface area contributed by atoms with Gasteiger partial charge in [-0.05, 0) is 19.4 Å². The minimum atomic E-state index is -0.539. The summed E-state index contributed by atoms with van der Waals surface area (Å²) in [6.07, 6.45) is 1.77. The van der Waals surface area contributed by atoms with Gasteiger partial charge in [0.25, 0.3) is 5.69 Å². The molecule has 0 spiro atoms. The Morgan fingerprint density at radius 3 is 2.55 bits per heavy atom. The van der Waals surface area contributed by atoms with Gasteiger partial charge in [0.15, 0.2) is 0 Å². The number of allylic oxidation sites excluding steroid dienone is 1. The summed E-state index contributed by atoms with van der Waals surface area (Å²) in [6, 6.07) is 4.00. The molecule has 0 aliphatic rings. The number of imidazole rings is 1.